The summed E-state index contributed by atoms with van der Waals surface area (Å²) in [6, 6.07) is 0.0826. The van der Waals surface area contributed by atoms with Crippen molar-refractivity contribution in [3.05, 3.63) is 12.2 Å². The molecule has 1 aliphatic carbocycles. The van der Waals surface area contributed by atoms with E-state index in [2.05, 4.69) is 6.58 Å². The Labute approximate surface area is 67.5 Å². The third-order valence-electron chi connectivity index (χ3n) is 2.33. The SMILES string of the molecule is C=C(C)C(=O)C1CCCC1N. The van der Waals surface area contributed by atoms with Crippen LogP contribution in [0.5, 0.6) is 0 Å². The summed E-state index contributed by atoms with van der Waals surface area (Å²) in [5, 5.41) is 0. The van der Waals surface area contributed by atoms with Gasteiger partial charge in [-0.25, -0.2) is 0 Å². The highest BCUT2D eigenvalue weighted by Crippen LogP contribution is 2.26. The lowest BCUT2D eigenvalue weighted by Crippen LogP contribution is -2.30. The summed E-state index contributed by atoms with van der Waals surface area (Å²) in [4.78, 5) is 11.4. The molecule has 1 fully saturated rings. The second-order valence-electron chi connectivity index (χ2n) is 3.35. The fourth-order valence-electron chi connectivity index (χ4n) is 1.63. The number of allylic oxidation sites excluding steroid dienone is 1. The molecule has 1 saturated carbocycles. The lowest BCUT2D eigenvalue weighted by atomic mass is 9.95. The third kappa shape index (κ3) is 1.69. The van der Waals surface area contributed by atoms with Gasteiger partial charge in [-0.1, -0.05) is 13.0 Å². The van der Waals surface area contributed by atoms with Crippen LogP contribution in [0.2, 0.25) is 0 Å². The highest BCUT2D eigenvalue weighted by molar-refractivity contribution is 5.96. The van der Waals surface area contributed by atoms with Crippen molar-refractivity contribution in [2.24, 2.45) is 11.7 Å². The van der Waals surface area contributed by atoms with E-state index in [1.165, 1.54) is 0 Å². The van der Waals surface area contributed by atoms with Crippen LogP contribution in [0.4, 0.5) is 0 Å². The van der Waals surface area contributed by atoms with Crippen molar-refractivity contribution in [3.8, 4) is 0 Å². The molecule has 11 heavy (non-hydrogen) atoms. The van der Waals surface area contributed by atoms with Crippen LogP contribution in [0.25, 0.3) is 0 Å². The van der Waals surface area contributed by atoms with Crippen molar-refractivity contribution < 1.29 is 4.79 Å². The highest BCUT2D eigenvalue weighted by atomic mass is 16.1. The molecular weight excluding hydrogens is 138 g/mol. The van der Waals surface area contributed by atoms with Crippen LogP contribution < -0.4 is 5.73 Å². The van der Waals surface area contributed by atoms with Gasteiger partial charge in [0.25, 0.3) is 0 Å². The zero-order chi connectivity index (χ0) is 8.43. The number of hydrogen-bond acceptors (Lipinski definition) is 2. The van der Waals surface area contributed by atoms with Crippen LogP contribution in [0.15, 0.2) is 12.2 Å². The van der Waals surface area contributed by atoms with Gasteiger partial charge in [0.2, 0.25) is 0 Å². The molecule has 2 unspecified atom stereocenters. The van der Waals surface area contributed by atoms with Crippen molar-refractivity contribution in [2.75, 3.05) is 0 Å². The maximum absolute atomic E-state index is 11.4. The Hall–Kier alpha value is -0.630. The van der Waals surface area contributed by atoms with Crippen LogP contribution in [-0.4, -0.2) is 11.8 Å². The average molecular weight is 153 g/mol. The van der Waals surface area contributed by atoms with Crippen LogP contribution in [0.3, 0.4) is 0 Å². The van der Waals surface area contributed by atoms with Crippen molar-refractivity contribution >= 4 is 5.78 Å². The first-order chi connectivity index (χ1) is 5.13. The van der Waals surface area contributed by atoms with Gasteiger partial charge in [-0.05, 0) is 25.3 Å². The smallest absolute Gasteiger partial charge is 0.162 e. The fourth-order valence-corrected chi connectivity index (χ4v) is 1.63. The van der Waals surface area contributed by atoms with Crippen LogP contribution in [0.1, 0.15) is 26.2 Å². The number of rotatable bonds is 2. The molecule has 2 N–H and O–H groups in total. The highest BCUT2D eigenvalue weighted by Gasteiger charge is 2.29. The first-order valence-electron chi connectivity index (χ1n) is 4.08. The van der Waals surface area contributed by atoms with Gasteiger partial charge in [0.15, 0.2) is 5.78 Å². The van der Waals surface area contributed by atoms with Crippen LogP contribution in [-0.2, 0) is 4.79 Å². The Morgan fingerprint density at radius 1 is 1.55 bits per heavy atom. The minimum absolute atomic E-state index is 0.0625. The van der Waals surface area contributed by atoms with Gasteiger partial charge in [0.1, 0.15) is 0 Å². The van der Waals surface area contributed by atoms with Gasteiger partial charge in [0.05, 0.1) is 0 Å². The maximum Gasteiger partial charge on any atom is 0.162 e. The fraction of sp³-hybridized carbons (Fsp3) is 0.667. The zero-order valence-corrected chi connectivity index (χ0v) is 6.97. The molecule has 0 aromatic heterocycles. The summed E-state index contributed by atoms with van der Waals surface area (Å²) >= 11 is 0. The van der Waals surface area contributed by atoms with E-state index in [1.54, 1.807) is 6.92 Å². The molecule has 0 amide bonds. The molecule has 0 saturated heterocycles. The van der Waals surface area contributed by atoms with Gasteiger partial charge in [-0.2, -0.15) is 0 Å². The van der Waals surface area contributed by atoms with Crippen molar-refractivity contribution in [3.63, 3.8) is 0 Å². The third-order valence-corrected chi connectivity index (χ3v) is 2.33. The van der Waals surface area contributed by atoms with Gasteiger partial charge in [-0.3, -0.25) is 4.79 Å². The molecule has 1 aliphatic rings. The zero-order valence-electron chi connectivity index (χ0n) is 6.97. The van der Waals surface area contributed by atoms with E-state index in [4.69, 9.17) is 5.73 Å². The van der Waals surface area contributed by atoms with E-state index in [0.717, 1.165) is 19.3 Å². The van der Waals surface area contributed by atoms with Gasteiger partial charge in [-0.15, -0.1) is 0 Å². The minimum atomic E-state index is 0.0625. The summed E-state index contributed by atoms with van der Waals surface area (Å²) in [5.74, 6) is 0.225. The van der Waals surface area contributed by atoms with Gasteiger partial charge >= 0.3 is 0 Å². The molecular formula is C9H15NO. The quantitative estimate of drug-likeness (QED) is 0.607. The predicted octanol–water partition coefficient (Wildman–Crippen LogP) is 1.26. The summed E-state index contributed by atoms with van der Waals surface area (Å²) in [5.41, 5.74) is 6.40. The molecule has 1 rings (SSSR count). The predicted molar refractivity (Wildman–Crippen MR) is 45.1 cm³/mol. The van der Waals surface area contributed by atoms with Gasteiger partial charge in [0, 0.05) is 12.0 Å². The number of carbonyl (C=O) groups is 1. The Kier molecular flexibility index (Phi) is 2.45. The number of Topliss-reactive ketones (excluding diaryl/α,β-unsaturated/α-hetero) is 1. The van der Waals surface area contributed by atoms with Crippen LogP contribution in [0, 0.1) is 5.92 Å². The van der Waals surface area contributed by atoms with E-state index < -0.39 is 0 Å². The van der Waals surface area contributed by atoms with Crippen molar-refractivity contribution in [2.45, 2.75) is 32.2 Å². The standard InChI is InChI=1S/C9H15NO/c1-6(2)9(11)7-4-3-5-8(7)10/h7-8H,1,3-5,10H2,2H3. The average Bonchev–Trinajstić information content (AvgIpc) is 2.33. The molecule has 0 aliphatic heterocycles. The summed E-state index contributed by atoms with van der Waals surface area (Å²) in [6.45, 7) is 5.39. The second kappa shape index (κ2) is 3.18. The Bertz CT molecular complexity index is 186. The summed E-state index contributed by atoms with van der Waals surface area (Å²) in [7, 11) is 0. The molecule has 0 radical (unpaired) electrons. The first kappa shape index (κ1) is 8.47. The minimum Gasteiger partial charge on any atom is -0.327 e. The largest absolute Gasteiger partial charge is 0.327 e. The van der Waals surface area contributed by atoms with Crippen LogP contribution >= 0.6 is 0 Å². The monoisotopic (exact) mass is 153 g/mol. The summed E-state index contributed by atoms with van der Waals surface area (Å²) < 4.78 is 0. The lowest BCUT2D eigenvalue weighted by molar-refractivity contribution is -0.119. The van der Waals surface area contributed by atoms with E-state index in [9.17, 15) is 4.79 Å². The van der Waals surface area contributed by atoms with E-state index in [-0.39, 0.29) is 17.7 Å². The molecule has 62 valence electrons. The Morgan fingerprint density at radius 3 is 2.55 bits per heavy atom. The topological polar surface area (TPSA) is 43.1 Å². The molecule has 2 nitrogen and oxygen atoms in total. The molecule has 0 spiro atoms. The summed E-state index contributed by atoms with van der Waals surface area (Å²) in [6.07, 6.45) is 3.03. The number of hydrogen-bond donors (Lipinski definition) is 1. The second-order valence-corrected chi connectivity index (χ2v) is 3.35. The molecule has 2 atom stereocenters. The van der Waals surface area contributed by atoms with Crippen molar-refractivity contribution in [1.29, 1.82) is 0 Å². The molecule has 2 heteroatoms. The van der Waals surface area contributed by atoms with Gasteiger partial charge < -0.3 is 5.73 Å². The lowest BCUT2D eigenvalue weighted by Gasteiger charge is -2.12. The van der Waals surface area contributed by atoms with Crippen molar-refractivity contribution in [1.82, 2.24) is 0 Å². The molecule has 0 heterocycles. The van der Waals surface area contributed by atoms with E-state index in [1.807, 2.05) is 0 Å². The Balaban J connectivity index is 2.60. The van der Waals surface area contributed by atoms with E-state index >= 15 is 0 Å². The van der Waals surface area contributed by atoms with E-state index in [0.29, 0.717) is 5.57 Å². The molecule has 0 aromatic carbocycles. The number of carbonyl (C=O) groups excluding carboxylic acids is 1. The normalized spacial score (nSPS) is 30.4. The first-order valence-corrected chi connectivity index (χ1v) is 4.08. The molecule has 0 bridgehead atoms. The maximum atomic E-state index is 11.4. The number of nitrogens with two attached hydrogens (primary N) is 1. The number of ketones is 1. The Morgan fingerprint density at radius 2 is 2.18 bits per heavy atom. The molecule has 0 aromatic rings.